The van der Waals surface area contributed by atoms with E-state index in [1.807, 2.05) is 30.3 Å². The molecule has 1 aliphatic carbocycles. The smallest absolute Gasteiger partial charge is 0.198 e. The lowest BCUT2D eigenvalue weighted by molar-refractivity contribution is -0.137. The van der Waals surface area contributed by atoms with Crippen LogP contribution < -0.4 is 11.3 Å². The van der Waals surface area contributed by atoms with Crippen LogP contribution in [0, 0.1) is 0 Å². The highest BCUT2D eigenvalue weighted by molar-refractivity contribution is 6.37. The first-order valence-corrected chi connectivity index (χ1v) is 12.1. The number of nitrogens with two attached hydrogens (primary N) is 1. The SMILES string of the molecule is C.Cl.NNc1ccccc1.O=C1CCCCC1=O.c1ccc2c(c1)[nH]c1c2ccc2c3ccccc3[nH]c21. The number of Topliss-reactive ketones (excluding diaryl/α,β-unsaturated/α-hetero) is 2. The molecule has 6 nitrogen and oxygen atoms in total. The van der Waals surface area contributed by atoms with Gasteiger partial charge in [0.2, 0.25) is 0 Å². The molecule has 1 fully saturated rings. The minimum Gasteiger partial charge on any atom is -0.353 e. The zero-order chi connectivity index (χ0) is 24.9. The summed E-state index contributed by atoms with van der Waals surface area (Å²) in [4.78, 5) is 28.0. The number of nitrogens with one attached hydrogen (secondary N) is 3. The van der Waals surface area contributed by atoms with Crippen LogP contribution in [0.25, 0.3) is 43.6 Å². The summed E-state index contributed by atoms with van der Waals surface area (Å²) in [6.07, 6.45) is 2.78. The van der Waals surface area contributed by atoms with Crippen molar-refractivity contribution in [1.82, 2.24) is 9.97 Å². The zero-order valence-electron chi connectivity index (χ0n) is 20.3. The third-order valence-electron chi connectivity index (χ3n) is 6.47. The Morgan fingerprint density at radius 3 is 1.39 bits per heavy atom. The van der Waals surface area contributed by atoms with Crippen molar-refractivity contribution < 1.29 is 9.59 Å². The van der Waals surface area contributed by atoms with E-state index in [0.717, 1.165) is 18.5 Å². The molecule has 0 unspecified atom stereocenters. The van der Waals surface area contributed by atoms with E-state index in [4.69, 9.17) is 5.84 Å². The van der Waals surface area contributed by atoms with E-state index in [9.17, 15) is 9.59 Å². The van der Waals surface area contributed by atoms with Crippen LogP contribution in [0.5, 0.6) is 0 Å². The van der Waals surface area contributed by atoms with E-state index in [1.54, 1.807) is 0 Å². The van der Waals surface area contributed by atoms with Crippen molar-refractivity contribution in [3.05, 3.63) is 91.0 Å². The molecular formula is C31H33ClN4O2. The fourth-order valence-corrected chi connectivity index (χ4v) is 4.62. The molecule has 5 N–H and O–H groups in total. The van der Waals surface area contributed by atoms with Crippen molar-refractivity contribution in [3.8, 4) is 0 Å². The maximum absolute atomic E-state index is 10.4. The fraction of sp³-hybridized carbons (Fsp3) is 0.161. The second-order valence-corrected chi connectivity index (χ2v) is 8.82. The first kappa shape index (κ1) is 28.4. The van der Waals surface area contributed by atoms with Crippen LogP contribution in [0.3, 0.4) is 0 Å². The molecule has 6 aromatic rings. The molecule has 0 amide bonds. The molecule has 4 aromatic carbocycles. The van der Waals surface area contributed by atoms with Gasteiger partial charge in [0.1, 0.15) is 0 Å². The van der Waals surface area contributed by atoms with Gasteiger partial charge in [-0.2, -0.15) is 0 Å². The summed E-state index contributed by atoms with van der Waals surface area (Å²) in [6, 6.07) is 31.0. The van der Waals surface area contributed by atoms with Crippen LogP contribution >= 0.6 is 12.4 Å². The van der Waals surface area contributed by atoms with E-state index in [-0.39, 0.29) is 31.4 Å². The number of hydrogen-bond acceptors (Lipinski definition) is 4. The number of fused-ring (bicyclic) bond motifs is 7. The first-order valence-electron chi connectivity index (χ1n) is 12.1. The zero-order valence-corrected chi connectivity index (χ0v) is 21.1. The molecular weight excluding hydrogens is 496 g/mol. The van der Waals surface area contributed by atoms with Crippen molar-refractivity contribution in [2.24, 2.45) is 5.84 Å². The van der Waals surface area contributed by atoms with Crippen LogP contribution in [0.2, 0.25) is 0 Å². The number of hydrogen-bond donors (Lipinski definition) is 4. The summed E-state index contributed by atoms with van der Waals surface area (Å²) in [6.45, 7) is 0. The van der Waals surface area contributed by atoms with Crippen molar-refractivity contribution in [2.75, 3.05) is 5.43 Å². The van der Waals surface area contributed by atoms with Crippen LogP contribution in [-0.4, -0.2) is 21.5 Å². The number of rotatable bonds is 1. The minimum absolute atomic E-state index is 0. The summed E-state index contributed by atoms with van der Waals surface area (Å²) in [5.74, 6) is 4.76. The number of benzene rings is 4. The van der Waals surface area contributed by atoms with Gasteiger partial charge in [-0.25, -0.2) is 0 Å². The van der Waals surface area contributed by atoms with Gasteiger partial charge in [0, 0.05) is 51.1 Å². The average Bonchev–Trinajstić information content (AvgIpc) is 3.50. The Kier molecular flexibility index (Phi) is 9.66. The number of aromatic amines is 2. The number of ketones is 2. The first-order chi connectivity index (χ1) is 17.7. The molecule has 7 rings (SSSR count). The Bertz CT molecular complexity index is 1570. The van der Waals surface area contributed by atoms with Crippen LogP contribution in [0.15, 0.2) is 91.0 Å². The molecule has 0 bridgehead atoms. The van der Waals surface area contributed by atoms with Crippen molar-refractivity contribution >= 4 is 73.3 Å². The Morgan fingerprint density at radius 1 is 0.579 bits per heavy atom. The van der Waals surface area contributed by atoms with Crippen LogP contribution in [-0.2, 0) is 9.59 Å². The molecule has 0 atom stereocenters. The van der Waals surface area contributed by atoms with Crippen LogP contribution in [0.4, 0.5) is 5.69 Å². The molecule has 0 radical (unpaired) electrons. The number of nitrogen functional groups attached to an aromatic ring is 1. The lowest BCUT2D eigenvalue weighted by atomic mass is 9.98. The second-order valence-electron chi connectivity index (χ2n) is 8.82. The van der Waals surface area contributed by atoms with E-state index in [2.05, 4.69) is 76.1 Å². The molecule has 1 saturated carbocycles. The molecule has 0 aliphatic heterocycles. The number of carbonyl (C=O) groups excluding carboxylic acids is 2. The molecule has 0 spiro atoms. The standard InChI is InChI=1S/C18H12N2.C6H8N2.C6H8O2.CH4.ClH/c1-3-7-15-11(5-1)13-9-10-14-12-6-2-4-8-16(12)20-18(14)17(13)19-15;7-8-6-4-2-1-3-5-6;7-5-3-1-2-4-6(5)8;;/h1-10,19-20H;1-5,8H,7H2;1-4H2;1H4;1H. The molecule has 0 saturated heterocycles. The number of carbonyl (C=O) groups is 2. The van der Waals surface area contributed by atoms with E-state index in [1.165, 1.54) is 43.6 Å². The maximum Gasteiger partial charge on any atom is 0.198 e. The monoisotopic (exact) mass is 528 g/mol. The van der Waals surface area contributed by atoms with Crippen molar-refractivity contribution in [3.63, 3.8) is 0 Å². The van der Waals surface area contributed by atoms with Crippen LogP contribution in [0.1, 0.15) is 33.1 Å². The lowest BCUT2D eigenvalue weighted by Crippen LogP contribution is -2.17. The molecule has 2 aromatic heterocycles. The van der Waals surface area contributed by atoms with E-state index in [0.29, 0.717) is 12.8 Å². The van der Waals surface area contributed by atoms with Gasteiger partial charge in [-0.15, -0.1) is 12.4 Å². The Labute approximate surface area is 228 Å². The maximum atomic E-state index is 10.4. The van der Waals surface area contributed by atoms with E-state index < -0.39 is 0 Å². The van der Waals surface area contributed by atoms with Crippen molar-refractivity contribution in [1.29, 1.82) is 0 Å². The molecule has 1 aliphatic rings. The lowest BCUT2D eigenvalue weighted by Gasteiger charge is -2.04. The Morgan fingerprint density at radius 2 is 1.00 bits per heavy atom. The molecule has 7 heteroatoms. The van der Waals surface area contributed by atoms with Gasteiger partial charge in [-0.05, 0) is 37.1 Å². The molecule has 38 heavy (non-hydrogen) atoms. The number of anilines is 1. The fourth-order valence-electron chi connectivity index (χ4n) is 4.62. The minimum atomic E-state index is -0.170. The largest absolute Gasteiger partial charge is 0.353 e. The quantitative estimate of drug-likeness (QED) is 0.0997. The Hall–Kier alpha value is -4.13. The van der Waals surface area contributed by atoms with Gasteiger partial charge in [-0.1, -0.05) is 74.2 Å². The van der Waals surface area contributed by atoms with E-state index >= 15 is 0 Å². The van der Waals surface area contributed by atoms with Gasteiger partial charge in [0.05, 0.1) is 11.0 Å². The second kappa shape index (κ2) is 12.9. The highest BCUT2D eigenvalue weighted by atomic mass is 35.5. The summed E-state index contributed by atoms with van der Waals surface area (Å²) in [5, 5.41) is 5.12. The predicted molar refractivity (Wildman–Crippen MR) is 162 cm³/mol. The highest BCUT2D eigenvalue weighted by Gasteiger charge is 2.17. The predicted octanol–water partition coefficient (Wildman–Crippen LogP) is 7.68. The van der Waals surface area contributed by atoms with Gasteiger partial charge < -0.3 is 15.4 Å². The number of para-hydroxylation sites is 3. The molecule has 196 valence electrons. The van der Waals surface area contributed by atoms with Gasteiger partial charge in [0.25, 0.3) is 0 Å². The van der Waals surface area contributed by atoms with Gasteiger partial charge in [0.15, 0.2) is 11.6 Å². The summed E-state index contributed by atoms with van der Waals surface area (Å²) in [7, 11) is 0. The average molecular weight is 529 g/mol. The third-order valence-corrected chi connectivity index (χ3v) is 6.47. The topological polar surface area (TPSA) is 104 Å². The van der Waals surface area contributed by atoms with Crippen molar-refractivity contribution in [2.45, 2.75) is 33.1 Å². The summed E-state index contributed by atoms with van der Waals surface area (Å²) >= 11 is 0. The number of aromatic nitrogens is 2. The normalized spacial score (nSPS) is 12.7. The highest BCUT2D eigenvalue weighted by Crippen LogP contribution is 2.34. The summed E-state index contributed by atoms with van der Waals surface area (Å²) < 4.78 is 0. The summed E-state index contributed by atoms with van der Waals surface area (Å²) in [5.41, 5.74) is 8.23. The van der Waals surface area contributed by atoms with Gasteiger partial charge in [-0.3, -0.25) is 15.4 Å². The number of H-pyrrole nitrogens is 2. The third kappa shape index (κ3) is 5.88. The molecule has 2 heterocycles. The van der Waals surface area contributed by atoms with Gasteiger partial charge >= 0.3 is 0 Å². The Balaban J connectivity index is 0.000000187. The number of halogens is 1. The number of hydrazine groups is 1.